The van der Waals surface area contributed by atoms with Crippen molar-refractivity contribution in [1.29, 1.82) is 0 Å². The highest BCUT2D eigenvalue weighted by atomic mass is 15.3. The molecule has 4 heteroatoms. The molecule has 1 fully saturated rings. The second-order valence-corrected chi connectivity index (χ2v) is 5.23. The molecule has 1 aliphatic rings. The van der Waals surface area contributed by atoms with Crippen LogP contribution in [-0.2, 0) is 6.54 Å². The number of hydrogen-bond donors (Lipinski definition) is 1. The lowest BCUT2D eigenvalue weighted by atomic mass is 9.80. The summed E-state index contributed by atoms with van der Waals surface area (Å²) >= 11 is 0. The average molecular weight is 222 g/mol. The van der Waals surface area contributed by atoms with E-state index in [4.69, 9.17) is 0 Å². The van der Waals surface area contributed by atoms with Crippen molar-refractivity contribution in [2.24, 2.45) is 11.8 Å². The minimum absolute atomic E-state index is 0.697. The van der Waals surface area contributed by atoms with Crippen molar-refractivity contribution in [3.05, 3.63) is 12.7 Å². The lowest BCUT2D eigenvalue weighted by molar-refractivity contribution is 0.237. The molecule has 0 aromatic carbocycles. The predicted molar refractivity (Wildman–Crippen MR) is 64.0 cm³/mol. The Labute approximate surface area is 97.5 Å². The monoisotopic (exact) mass is 222 g/mol. The summed E-state index contributed by atoms with van der Waals surface area (Å²) in [5, 5.41) is 7.73. The van der Waals surface area contributed by atoms with Crippen molar-refractivity contribution in [1.82, 2.24) is 20.1 Å². The molecule has 0 amide bonds. The Hall–Kier alpha value is -0.900. The first-order valence-electron chi connectivity index (χ1n) is 6.30. The van der Waals surface area contributed by atoms with Gasteiger partial charge < -0.3 is 5.32 Å². The van der Waals surface area contributed by atoms with E-state index in [-0.39, 0.29) is 0 Å². The van der Waals surface area contributed by atoms with Gasteiger partial charge >= 0.3 is 0 Å². The maximum atomic E-state index is 4.09. The molecule has 16 heavy (non-hydrogen) atoms. The van der Waals surface area contributed by atoms with Crippen LogP contribution >= 0.6 is 0 Å². The Morgan fingerprint density at radius 2 is 2.00 bits per heavy atom. The number of aromatic nitrogens is 3. The second kappa shape index (κ2) is 5.43. The summed E-state index contributed by atoms with van der Waals surface area (Å²) in [5.74, 6) is 1.74. The molecule has 0 saturated heterocycles. The fourth-order valence-electron chi connectivity index (χ4n) is 2.85. The molecule has 1 aromatic rings. The van der Waals surface area contributed by atoms with Crippen molar-refractivity contribution in [3.63, 3.8) is 0 Å². The lowest BCUT2D eigenvalue weighted by Crippen LogP contribution is -2.37. The van der Waals surface area contributed by atoms with Crippen molar-refractivity contribution in [2.45, 2.75) is 45.7 Å². The van der Waals surface area contributed by atoms with E-state index in [9.17, 15) is 0 Å². The van der Waals surface area contributed by atoms with Gasteiger partial charge in [0.2, 0.25) is 0 Å². The zero-order chi connectivity index (χ0) is 11.4. The number of nitrogens with zero attached hydrogens (tertiary/aromatic N) is 3. The average Bonchev–Trinajstić information content (AvgIpc) is 2.69. The summed E-state index contributed by atoms with van der Waals surface area (Å²) in [6.07, 6.45) is 7.39. The SMILES string of the molecule is CC1CC(C)CC(NCCn2cncn2)C1. The van der Waals surface area contributed by atoms with E-state index in [2.05, 4.69) is 29.2 Å². The Balaban J connectivity index is 1.69. The Kier molecular flexibility index (Phi) is 3.93. The van der Waals surface area contributed by atoms with Gasteiger partial charge in [0.25, 0.3) is 0 Å². The van der Waals surface area contributed by atoms with Gasteiger partial charge in [0.15, 0.2) is 0 Å². The van der Waals surface area contributed by atoms with Crippen LogP contribution in [0.4, 0.5) is 0 Å². The number of nitrogens with one attached hydrogen (secondary N) is 1. The van der Waals surface area contributed by atoms with Gasteiger partial charge in [-0.2, -0.15) is 5.10 Å². The van der Waals surface area contributed by atoms with E-state index >= 15 is 0 Å². The largest absolute Gasteiger partial charge is 0.312 e. The minimum Gasteiger partial charge on any atom is -0.312 e. The quantitative estimate of drug-likeness (QED) is 0.843. The van der Waals surface area contributed by atoms with E-state index in [1.807, 2.05) is 4.68 Å². The predicted octanol–water partition coefficient (Wildman–Crippen LogP) is 1.69. The van der Waals surface area contributed by atoms with Crippen molar-refractivity contribution in [3.8, 4) is 0 Å². The number of hydrogen-bond acceptors (Lipinski definition) is 3. The van der Waals surface area contributed by atoms with Gasteiger partial charge in [-0.25, -0.2) is 4.98 Å². The highest BCUT2D eigenvalue weighted by molar-refractivity contribution is 4.79. The van der Waals surface area contributed by atoms with Crippen molar-refractivity contribution in [2.75, 3.05) is 6.54 Å². The van der Waals surface area contributed by atoms with Gasteiger partial charge in [-0.05, 0) is 31.1 Å². The first-order chi connectivity index (χ1) is 7.74. The maximum Gasteiger partial charge on any atom is 0.137 e. The third-order valence-corrected chi connectivity index (χ3v) is 3.42. The standard InChI is InChI=1S/C12H22N4/c1-10-5-11(2)7-12(6-10)14-3-4-16-9-13-8-15-16/h8-12,14H,3-7H2,1-2H3. The third kappa shape index (κ3) is 3.30. The first kappa shape index (κ1) is 11.6. The van der Waals surface area contributed by atoms with E-state index in [1.165, 1.54) is 19.3 Å². The van der Waals surface area contributed by atoms with E-state index in [0.717, 1.165) is 24.9 Å². The molecule has 0 spiro atoms. The molecule has 1 aromatic heterocycles. The smallest absolute Gasteiger partial charge is 0.137 e. The first-order valence-corrected chi connectivity index (χ1v) is 6.30. The molecule has 1 saturated carbocycles. The molecule has 1 aliphatic carbocycles. The normalized spacial score (nSPS) is 30.5. The molecular formula is C12H22N4. The van der Waals surface area contributed by atoms with Crippen LogP contribution in [0, 0.1) is 11.8 Å². The topological polar surface area (TPSA) is 42.7 Å². The van der Waals surface area contributed by atoms with E-state index < -0.39 is 0 Å². The summed E-state index contributed by atoms with van der Waals surface area (Å²) in [6.45, 7) is 6.64. The van der Waals surface area contributed by atoms with Gasteiger partial charge in [-0.15, -0.1) is 0 Å². The maximum absolute atomic E-state index is 4.09. The molecule has 0 bridgehead atoms. The molecule has 4 nitrogen and oxygen atoms in total. The molecule has 2 rings (SSSR count). The van der Waals surface area contributed by atoms with Crippen LogP contribution in [0.5, 0.6) is 0 Å². The second-order valence-electron chi connectivity index (χ2n) is 5.23. The van der Waals surface area contributed by atoms with E-state index in [0.29, 0.717) is 6.04 Å². The molecule has 1 heterocycles. The van der Waals surface area contributed by atoms with Gasteiger partial charge in [0.05, 0.1) is 6.54 Å². The zero-order valence-electron chi connectivity index (χ0n) is 10.3. The zero-order valence-corrected chi connectivity index (χ0v) is 10.3. The van der Waals surface area contributed by atoms with Gasteiger partial charge in [-0.1, -0.05) is 13.8 Å². The molecule has 0 aliphatic heterocycles. The summed E-state index contributed by atoms with van der Waals surface area (Å²) in [6, 6.07) is 0.697. The van der Waals surface area contributed by atoms with Crippen molar-refractivity contribution >= 4 is 0 Å². The Morgan fingerprint density at radius 3 is 2.62 bits per heavy atom. The van der Waals surface area contributed by atoms with Gasteiger partial charge in [0, 0.05) is 12.6 Å². The summed E-state index contributed by atoms with van der Waals surface area (Å²) in [4.78, 5) is 3.94. The summed E-state index contributed by atoms with van der Waals surface area (Å²) in [5.41, 5.74) is 0. The molecule has 90 valence electrons. The van der Waals surface area contributed by atoms with Crippen LogP contribution < -0.4 is 5.32 Å². The van der Waals surface area contributed by atoms with E-state index in [1.54, 1.807) is 12.7 Å². The Morgan fingerprint density at radius 1 is 1.25 bits per heavy atom. The number of rotatable bonds is 4. The summed E-state index contributed by atoms with van der Waals surface area (Å²) in [7, 11) is 0. The lowest BCUT2D eigenvalue weighted by Gasteiger charge is -2.32. The van der Waals surface area contributed by atoms with Crippen LogP contribution in [0.2, 0.25) is 0 Å². The van der Waals surface area contributed by atoms with Crippen molar-refractivity contribution < 1.29 is 0 Å². The fourth-order valence-corrected chi connectivity index (χ4v) is 2.85. The van der Waals surface area contributed by atoms with Crippen LogP contribution in [-0.4, -0.2) is 27.4 Å². The highest BCUT2D eigenvalue weighted by Crippen LogP contribution is 2.28. The molecule has 2 atom stereocenters. The Bertz CT molecular complexity index is 286. The highest BCUT2D eigenvalue weighted by Gasteiger charge is 2.23. The molecule has 0 radical (unpaired) electrons. The van der Waals surface area contributed by atoms with Crippen LogP contribution in [0.15, 0.2) is 12.7 Å². The molecule has 1 N–H and O–H groups in total. The summed E-state index contributed by atoms with van der Waals surface area (Å²) < 4.78 is 1.88. The van der Waals surface area contributed by atoms with Crippen LogP contribution in [0.3, 0.4) is 0 Å². The molecular weight excluding hydrogens is 200 g/mol. The van der Waals surface area contributed by atoms with Gasteiger partial charge in [-0.3, -0.25) is 4.68 Å². The molecule has 2 unspecified atom stereocenters. The minimum atomic E-state index is 0.697. The fraction of sp³-hybridized carbons (Fsp3) is 0.833. The van der Waals surface area contributed by atoms with Crippen LogP contribution in [0.1, 0.15) is 33.1 Å². The third-order valence-electron chi connectivity index (χ3n) is 3.42. The van der Waals surface area contributed by atoms with Gasteiger partial charge in [0.1, 0.15) is 12.7 Å². The van der Waals surface area contributed by atoms with Crippen LogP contribution in [0.25, 0.3) is 0 Å².